The molecule has 1 amide bonds. The van der Waals surface area contributed by atoms with Gasteiger partial charge in [0.25, 0.3) is 5.91 Å². The molecule has 2 N–H and O–H groups in total. The van der Waals surface area contributed by atoms with Crippen molar-refractivity contribution < 1.29 is 9.18 Å². The van der Waals surface area contributed by atoms with E-state index in [4.69, 9.17) is 5.73 Å². The SMILES string of the molecule is Nc1ncc(-c2ccc(F)cc2)c(C2CCCCN2C(=O)c2ccncc2)n1. The Morgan fingerprint density at radius 3 is 2.61 bits per heavy atom. The normalized spacial score (nSPS) is 16.8. The minimum absolute atomic E-state index is 0.0608. The van der Waals surface area contributed by atoms with Gasteiger partial charge in [-0.15, -0.1) is 0 Å². The van der Waals surface area contributed by atoms with Crippen LogP contribution in [0.2, 0.25) is 0 Å². The van der Waals surface area contributed by atoms with Crippen LogP contribution >= 0.6 is 0 Å². The Morgan fingerprint density at radius 2 is 1.86 bits per heavy atom. The van der Waals surface area contributed by atoms with Gasteiger partial charge >= 0.3 is 0 Å². The Bertz CT molecular complexity index is 978. The highest BCUT2D eigenvalue weighted by atomic mass is 19.1. The number of nitrogens with zero attached hydrogens (tertiary/aromatic N) is 4. The second-order valence-corrected chi connectivity index (χ2v) is 6.78. The largest absolute Gasteiger partial charge is 0.368 e. The molecule has 3 aromatic rings. The van der Waals surface area contributed by atoms with Crippen molar-refractivity contribution >= 4 is 11.9 Å². The average Bonchev–Trinajstić information content (AvgIpc) is 2.74. The minimum atomic E-state index is -0.311. The number of amides is 1. The summed E-state index contributed by atoms with van der Waals surface area (Å²) < 4.78 is 13.4. The third kappa shape index (κ3) is 3.55. The smallest absolute Gasteiger partial charge is 0.254 e. The number of nitrogen functional groups attached to an aromatic ring is 1. The number of piperidine rings is 1. The molecule has 0 spiro atoms. The van der Waals surface area contributed by atoms with Crippen LogP contribution in [0.4, 0.5) is 10.3 Å². The zero-order valence-electron chi connectivity index (χ0n) is 15.3. The van der Waals surface area contributed by atoms with Crippen LogP contribution in [0.1, 0.15) is 41.4 Å². The van der Waals surface area contributed by atoms with E-state index in [9.17, 15) is 9.18 Å². The predicted molar refractivity (Wildman–Crippen MR) is 104 cm³/mol. The molecule has 3 heterocycles. The van der Waals surface area contributed by atoms with Crippen molar-refractivity contribution in [1.82, 2.24) is 19.9 Å². The Balaban J connectivity index is 1.76. The van der Waals surface area contributed by atoms with E-state index in [0.29, 0.717) is 17.8 Å². The fourth-order valence-corrected chi connectivity index (χ4v) is 3.63. The zero-order valence-corrected chi connectivity index (χ0v) is 15.3. The summed E-state index contributed by atoms with van der Waals surface area (Å²) in [6, 6.07) is 9.37. The molecule has 0 saturated carbocycles. The molecule has 6 nitrogen and oxygen atoms in total. The Kier molecular flexibility index (Phi) is 4.97. The standard InChI is InChI=1S/C21H20FN5O/c22-16-6-4-14(5-7-16)17-13-25-21(23)26-19(17)18-3-1-2-12-27(18)20(28)15-8-10-24-11-9-15/h4-11,13,18H,1-3,12H2,(H2,23,25,26). The number of benzene rings is 1. The van der Waals surface area contributed by atoms with Gasteiger partial charge in [-0.05, 0) is 49.1 Å². The molecule has 0 aliphatic carbocycles. The van der Waals surface area contributed by atoms with Crippen molar-refractivity contribution in [3.05, 3.63) is 72.1 Å². The molecule has 0 radical (unpaired) electrons. The molecule has 142 valence electrons. The maximum absolute atomic E-state index is 13.4. The molecular formula is C21H20FN5O. The molecule has 1 aliphatic heterocycles. The van der Waals surface area contributed by atoms with E-state index >= 15 is 0 Å². The lowest BCUT2D eigenvalue weighted by molar-refractivity contribution is 0.0606. The molecule has 1 aliphatic rings. The van der Waals surface area contributed by atoms with Crippen LogP contribution in [0.25, 0.3) is 11.1 Å². The van der Waals surface area contributed by atoms with E-state index < -0.39 is 0 Å². The van der Waals surface area contributed by atoms with Crippen LogP contribution in [-0.2, 0) is 0 Å². The number of nitrogens with two attached hydrogens (primary N) is 1. The van der Waals surface area contributed by atoms with Crippen LogP contribution in [0.5, 0.6) is 0 Å². The van der Waals surface area contributed by atoms with E-state index in [0.717, 1.165) is 30.4 Å². The summed E-state index contributed by atoms with van der Waals surface area (Å²) in [5.41, 5.74) is 8.71. The van der Waals surface area contributed by atoms with E-state index in [2.05, 4.69) is 15.0 Å². The molecule has 28 heavy (non-hydrogen) atoms. The summed E-state index contributed by atoms with van der Waals surface area (Å²) in [4.78, 5) is 27.6. The second kappa shape index (κ2) is 7.72. The van der Waals surface area contributed by atoms with Gasteiger partial charge in [0.15, 0.2) is 0 Å². The molecule has 4 rings (SSSR count). The van der Waals surface area contributed by atoms with Crippen LogP contribution in [0.15, 0.2) is 55.0 Å². The van der Waals surface area contributed by atoms with E-state index in [1.54, 1.807) is 42.9 Å². The minimum Gasteiger partial charge on any atom is -0.368 e. The highest BCUT2D eigenvalue weighted by Crippen LogP contribution is 2.36. The average molecular weight is 377 g/mol. The van der Waals surface area contributed by atoms with E-state index in [1.807, 2.05) is 4.90 Å². The lowest BCUT2D eigenvalue weighted by Gasteiger charge is -2.36. The van der Waals surface area contributed by atoms with Gasteiger partial charge in [-0.2, -0.15) is 0 Å². The summed E-state index contributed by atoms with van der Waals surface area (Å²) in [6.07, 6.45) is 7.56. The number of hydrogen-bond acceptors (Lipinski definition) is 5. The highest BCUT2D eigenvalue weighted by molar-refractivity contribution is 5.94. The van der Waals surface area contributed by atoms with Crippen LogP contribution in [-0.4, -0.2) is 32.3 Å². The van der Waals surface area contributed by atoms with Crippen LogP contribution < -0.4 is 5.73 Å². The number of halogens is 1. The maximum Gasteiger partial charge on any atom is 0.254 e. The molecular weight excluding hydrogens is 357 g/mol. The maximum atomic E-state index is 13.4. The summed E-state index contributed by atoms with van der Waals surface area (Å²) in [5.74, 6) is -0.217. The van der Waals surface area contributed by atoms with Gasteiger partial charge in [0, 0.05) is 36.3 Å². The first kappa shape index (κ1) is 18.0. The van der Waals surface area contributed by atoms with Crippen molar-refractivity contribution in [2.24, 2.45) is 0 Å². The van der Waals surface area contributed by atoms with Crippen LogP contribution in [0.3, 0.4) is 0 Å². The quantitative estimate of drug-likeness (QED) is 0.753. The summed E-state index contributed by atoms with van der Waals surface area (Å²) in [6.45, 7) is 0.637. The number of rotatable bonds is 3. The van der Waals surface area contributed by atoms with Gasteiger partial charge < -0.3 is 10.6 Å². The monoisotopic (exact) mass is 377 g/mol. The lowest BCUT2D eigenvalue weighted by Crippen LogP contribution is -2.39. The molecule has 7 heteroatoms. The first-order valence-electron chi connectivity index (χ1n) is 9.23. The summed E-state index contributed by atoms with van der Waals surface area (Å²) >= 11 is 0. The van der Waals surface area contributed by atoms with Gasteiger partial charge in [0.1, 0.15) is 5.82 Å². The number of pyridine rings is 1. The number of carbonyl (C=O) groups excluding carboxylic acids is 1. The number of hydrogen-bond donors (Lipinski definition) is 1. The molecule has 1 saturated heterocycles. The first-order chi connectivity index (χ1) is 13.6. The molecule has 2 aromatic heterocycles. The number of likely N-dealkylation sites (tertiary alicyclic amines) is 1. The van der Waals surface area contributed by atoms with Gasteiger partial charge in [-0.3, -0.25) is 9.78 Å². The fourth-order valence-electron chi connectivity index (χ4n) is 3.63. The van der Waals surface area contributed by atoms with Crippen molar-refractivity contribution in [3.63, 3.8) is 0 Å². The Morgan fingerprint density at radius 1 is 1.11 bits per heavy atom. The van der Waals surface area contributed by atoms with Crippen molar-refractivity contribution in [2.45, 2.75) is 25.3 Å². The third-order valence-electron chi connectivity index (χ3n) is 5.00. The van der Waals surface area contributed by atoms with Crippen molar-refractivity contribution in [1.29, 1.82) is 0 Å². The molecule has 0 bridgehead atoms. The summed E-state index contributed by atoms with van der Waals surface area (Å²) in [5, 5.41) is 0. The fraction of sp³-hybridized carbons (Fsp3) is 0.238. The van der Waals surface area contributed by atoms with Crippen molar-refractivity contribution in [3.8, 4) is 11.1 Å². The third-order valence-corrected chi connectivity index (χ3v) is 5.00. The van der Waals surface area contributed by atoms with Crippen LogP contribution in [0, 0.1) is 5.82 Å². The van der Waals surface area contributed by atoms with Gasteiger partial charge in [-0.1, -0.05) is 12.1 Å². The van der Waals surface area contributed by atoms with Gasteiger partial charge in [-0.25, -0.2) is 14.4 Å². The molecule has 1 fully saturated rings. The number of aromatic nitrogens is 3. The topological polar surface area (TPSA) is 85.0 Å². The summed E-state index contributed by atoms with van der Waals surface area (Å²) in [7, 11) is 0. The number of carbonyl (C=O) groups is 1. The number of anilines is 1. The van der Waals surface area contributed by atoms with Gasteiger partial charge in [0.05, 0.1) is 11.7 Å². The molecule has 1 atom stereocenters. The van der Waals surface area contributed by atoms with E-state index in [1.165, 1.54) is 12.1 Å². The Hall–Kier alpha value is -3.35. The lowest BCUT2D eigenvalue weighted by atomic mass is 9.93. The highest BCUT2D eigenvalue weighted by Gasteiger charge is 2.31. The second-order valence-electron chi connectivity index (χ2n) is 6.78. The molecule has 1 unspecified atom stereocenters. The molecule has 1 aromatic carbocycles. The van der Waals surface area contributed by atoms with Gasteiger partial charge in [0.2, 0.25) is 5.95 Å². The zero-order chi connectivity index (χ0) is 19.5. The van der Waals surface area contributed by atoms with E-state index in [-0.39, 0.29) is 23.7 Å². The predicted octanol–water partition coefficient (Wildman–Crippen LogP) is 3.63. The van der Waals surface area contributed by atoms with Crippen molar-refractivity contribution in [2.75, 3.05) is 12.3 Å². The first-order valence-corrected chi connectivity index (χ1v) is 9.23. The Labute approximate surface area is 162 Å².